The van der Waals surface area contributed by atoms with Crippen LogP contribution in [0.4, 0.5) is 0 Å². The first-order chi connectivity index (χ1) is 10.8. The number of aliphatic hydroxyl groups excluding tert-OH is 1. The van der Waals surface area contributed by atoms with Crippen molar-refractivity contribution in [1.82, 2.24) is 0 Å². The molecule has 0 fully saturated rings. The average Bonchev–Trinajstić information content (AvgIpc) is 3.06. The quantitative estimate of drug-likeness (QED) is 0.822. The van der Waals surface area contributed by atoms with Crippen LogP contribution in [0.3, 0.4) is 0 Å². The van der Waals surface area contributed by atoms with Crippen LogP contribution in [0.15, 0.2) is 41.8 Å². The van der Waals surface area contributed by atoms with Gasteiger partial charge in [0.2, 0.25) is 0 Å². The molecule has 3 nitrogen and oxygen atoms in total. The zero-order valence-electron chi connectivity index (χ0n) is 12.8. The smallest absolute Gasteiger partial charge is 0.126 e. The first-order valence-electron chi connectivity index (χ1n) is 8.02. The highest BCUT2D eigenvalue weighted by Gasteiger charge is 2.23. The fraction of sp³-hybridized carbons (Fsp3) is 0.444. The van der Waals surface area contributed by atoms with Crippen LogP contribution in [0, 0.1) is 0 Å². The molecule has 118 valence electrons. The van der Waals surface area contributed by atoms with Crippen molar-refractivity contribution in [3.8, 4) is 0 Å². The largest absolute Gasteiger partial charge is 0.385 e. The van der Waals surface area contributed by atoms with Gasteiger partial charge in [-0.3, -0.25) is 0 Å². The Morgan fingerprint density at radius 3 is 3.05 bits per heavy atom. The Morgan fingerprint density at radius 1 is 1.27 bits per heavy atom. The van der Waals surface area contributed by atoms with E-state index < -0.39 is 6.10 Å². The molecule has 2 atom stereocenters. The van der Waals surface area contributed by atoms with E-state index >= 15 is 0 Å². The summed E-state index contributed by atoms with van der Waals surface area (Å²) in [6.45, 7) is 1.70. The highest BCUT2D eigenvalue weighted by Crippen LogP contribution is 2.26. The number of aryl methyl sites for hydroxylation is 1. The number of nitrogens with two attached hydrogens (primary N) is 1. The minimum atomic E-state index is -0.408. The molecule has 1 aliphatic carbocycles. The fourth-order valence-corrected chi connectivity index (χ4v) is 3.76. The number of aliphatic hydroxyl groups is 1. The van der Waals surface area contributed by atoms with E-state index in [0.29, 0.717) is 25.8 Å². The maximum Gasteiger partial charge on any atom is 0.126 e. The van der Waals surface area contributed by atoms with Crippen LogP contribution in [-0.4, -0.2) is 24.4 Å². The van der Waals surface area contributed by atoms with Gasteiger partial charge in [0.05, 0.1) is 13.2 Å². The van der Waals surface area contributed by atoms with Crippen LogP contribution in [0.25, 0.3) is 0 Å². The van der Waals surface area contributed by atoms with E-state index in [4.69, 9.17) is 4.74 Å². The van der Waals surface area contributed by atoms with Crippen molar-refractivity contribution in [3.63, 3.8) is 0 Å². The van der Waals surface area contributed by atoms with Crippen LogP contribution < -0.4 is 5.32 Å². The van der Waals surface area contributed by atoms with Crippen molar-refractivity contribution in [3.05, 3.63) is 57.8 Å². The van der Waals surface area contributed by atoms with Gasteiger partial charge in [-0.2, -0.15) is 0 Å². The Kier molecular flexibility index (Phi) is 5.62. The number of fused-ring (bicyclic) bond motifs is 1. The second-order valence-electron chi connectivity index (χ2n) is 5.92. The van der Waals surface area contributed by atoms with Crippen molar-refractivity contribution in [2.75, 3.05) is 13.2 Å². The van der Waals surface area contributed by atoms with Crippen molar-refractivity contribution in [2.45, 2.75) is 38.0 Å². The molecule has 0 saturated carbocycles. The van der Waals surface area contributed by atoms with Crippen molar-refractivity contribution < 1.29 is 15.2 Å². The lowest BCUT2D eigenvalue weighted by atomic mass is 9.88. The first-order valence-corrected chi connectivity index (χ1v) is 8.90. The van der Waals surface area contributed by atoms with Gasteiger partial charge in [-0.1, -0.05) is 30.3 Å². The van der Waals surface area contributed by atoms with Gasteiger partial charge in [-0.25, -0.2) is 0 Å². The van der Waals surface area contributed by atoms with E-state index in [9.17, 15) is 5.11 Å². The molecule has 1 aliphatic rings. The Bertz CT molecular complexity index is 570. The van der Waals surface area contributed by atoms with Crippen molar-refractivity contribution in [1.29, 1.82) is 0 Å². The zero-order valence-corrected chi connectivity index (χ0v) is 13.6. The van der Waals surface area contributed by atoms with Gasteiger partial charge in [-0.15, -0.1) is 11.3 Å². The van der Waals surface area contributed by atoms with E-state index in [2.05, 4.69) is 35.6 Å². The number of thiophene rings is 1. The summed E-state index contributed by atoms with van der Waals surface area (Å²) >= 11 is 1.69. The Hall–Kier alpha value is -1.20. The summed E-state index contributed by atoms with van der Waals surface area (Å²) in [6, 6.07) is 13.3. The maximum atomic E-state index is 10.1. The molecule has 0 radical (unpaired) electrons. The van der Waals surface area contributed by atoms with Gasteiger partial charge in [0.25, 0.3) is 0 Å². The van der Waals surface area contributed by atoms with Gasteiger partial charge < -0.3 is 15.2 Å². The van der Waals surface area contributed by atoms with E-state index in [1.54, 1.807) is 11.3 Å². The van der Waals surface area contributed by atoms with Gasteiger partial charge in [0.15, 0.2) is 0 Å². The molecule has 0 amide bonds. The molecule has 0 aliphatic heterocycles. The summed E-state index contributed by atoms with van der Waals surface area (Å²) in [4.78, 5) is 1.21. The maximum absolute atomic E-state index is 10.1. The number of hydrogen-bond donors (Lipinski definition) is 2. The Morgan fingerprint density at radius 2 is 2.18 bits per heavy atom. The van der Waals surface area contributed by atoms with Gasteiger partial charge in [-0.05, 0) is 29.9 Å². The lowest BCUT2D eigenvalue weighted by Crippen LogP contribution is -2.87. The Balaban J connectivity index is 1.42. The van der Waals surface area contributed by atoms with Crippen LogP contribution in [-0.2, 0) is 17.8 Å². The molecule has 1 aromatic heterocycles. The Labute approximate surface area is 136 Å². The van der Waals surface area contributed by atoms with E-state index in [0.717, 1.165) is 0 Å². The van der Waals surface area contributed by atoms with E-state index in [-0.39, 0.29) is 0 Å². The summed E-state index contributed by atoms with van der Waals surface area (Å²) in [5, 5.41) is 14.4. The van der Waals surface area contributed by atoms with Crippen molar-refractivity contribution in [2.24, 2.45) is 0 Å². The van der Waals surface area contributed by atoms with Crippen LogP contribution in [0.2, 0.25) is 0 Å². The van der Waals surface area contributed by atoms with Gasteiger partial charge >= 0.3 is 0 Å². The molecule has 22 heavy (non-hydrogen) atoms. The SMILES string of the molecule is O[C@@H](C[NH2+][C@H]1CCCc2ccccc21)COCc1cccs1. The fourth-order valence-electron chi connectivity index (χ4n) is 3.12. The predicted octanol–water partition coefficient (Wildman–Crippen LogP) is 2.27. The average molecular weight is 318 g/mol. The molecule has 3 N–H and O–H groups in total. The van der Waals surface area contributed by atoms with Crippen molar-refractivity contribution >= 4 is 11.3 Å². The number of ether oxygens (including phenoxy) is 1. The van der Waals surface area contributed by atoms with Crippen LogP contribution in [0.5, 0.6) is 0 Å². The molecule has 0 bridgehead atoms. The van der Waals surface area contributed by atoms with E-state index in [1.165, 1.54) is 35.3 Å². The molecule has 1 aromatic carbocycles. The topological polar surface area (TPSA) is 46.1 Å². The number of quaternary nitrogens is 1. The lowest BCUT2D eigenvalue weighted by Gasteiger charge is -2.24. The lowest BCUT2D eigenvalue weighted by molar-refractivity contribution is -0.703. The van der Waals surface area contributed by atoms with Crippen LogP contribution >= 0.6 is 11.3 Å². The first kappa shape index (κ1) is 15.7. The zero-order chi connectivity index (χ0) is 15.2. The molecule has 1 heterocycles. The molecular weight excluding hydrogens is 294 g/mol. The molecule has 2 aromatic rings. The monoisotopic (exact) mass is 318 g/mol. The molecule has 0 spiro atoms. The second-order valence-corrected chi connectivity index (χ2v) is 6.95. The van der Waals surface area contributed by atoms with Gasteiger partial charge in [0.1, 0.15) is 18.7 Å². The predicted molar refractivity (Wildman–Crippen MR) is 88.9 cm³/mol. The molecular formula is C18H24NO2S+. The minimum absolute atomic E-state index is 0.406. The molecule has 3 rings (SSSR count). The molecule has 4 heteroatoms. The summed E-state index contributed by atoms with van der Waals surface area (Å²) < 4.78 is 5.59. The number of benzene rings is 1. The second kappa shape index (κ2) is 7.88. The molecule has 0 unspecified atom stereocenters. The summed E-state index contributed by atoms with van der Waals surface area (Å²) in [6.07, 6.45) is 3.21. The molecule has 0 saturated heterocycles. The third-order valence-corrected chi connectivity index (χ3v) is 5.09. The highest BCUT2D eigenvalue weighted by molar-refractivity contribution is 7.09. The van der Waals surface area contributed by atoms with E-state index in [1.807, 2.05) is 11.4 Å². The normalized spacial score (nSPS) is 18.9. The van der Waals surface area contributed by atoms with Crippen LogP contribution in [0.1, 0.15) is 34.9 Å². The summed E-state index contributed by atoms with van der Waals surface area (Å²) in [5.41, 5.74) is 2.92. The standard InChI is InChI=1S/C18H23NO2S/c20-15(12-21-13-16-7-4-10-22-16)11-19-18-9-3-6-14-5-1-2-8-17(14)18/h1-2,4-5,7-8,10,15,18-20H,3,6,9,11-13H2/p+1/t15-,18-/m0/s1. The number of rotatable bonds is 7. The third-order valence-electron chi connectivity index (χ3n) is 4.24. The van der Waals surface area contributed by atoms with Gasteiger partial charge in [0, 0.05) is 16.9 Å². The highest BCUT2D eigenvalue weighted by atomic mass is 32.1. The minimum Gasteiger partial charge on any atom is -0.385 e. The third kappa shape index (κ3) is 4.17. The number of hydrogen-bond acceptors (Lipinski definition) is 3. The summed E-state index contributed by atoms with van der Waals surface area (Å²) in [5.74, 6) is 0. The summed E-state index contributed by atoms with van der Waals surface area (Å²) in [7, 11) is 0.